The maximum absolute atomic E-state index is 12.6. The molecule has 9 heteroatoms. The van der Waals surface area contributed by atoms with Gasteiger partial charge in [0.2, 0.25) is 5.13 Å². The van der Waals surface area contributed by atoms with Crippen LogP contribution in [-0.2, 0) is 6.42 Å². The predicted octanol–water partition coefficient (Wildman–Crippen LogP) is 4.25. The average molecular weight is 422 g/mol. The summed E-state index contributed by atoms with van der Waals surface area (Å²) < 4.78 is 11.2. The lowest BCUT2D eigenvalue weighted by molar-refractivity contribution is 0.101. The quantitative estimate of drug-likeness (QED) is 0.387. The summed E-state index contributed by atoms with van der Waals surface area (Å²) >= 11 is 4.56. The number of hydrogen-bond acceptors (Lipinski definition) is 9. The molecule has 0 amide bonds. The van der Waals surface area contributed by atoms with Crippen LogP contribution >= 0.6 is 34.4 Å². The minimum Gasteiger partial charge on any atom is -0.497 e. The van der Waals surface area contributed by atoms with Gasteiger partial charge in [-0.2, -0.15) is 0 Å². The van der Waals surface area contributed by atoms with Gasteiger partial charge in [0.05, 0.1) is 25.5 Å². The molecule has 3 aromatic rings. The molecular weight excluding hydrogens is 402 g/mol. The molecular formula is C18H19N3O3S3. The molecule has 1 N–H and O–H groups in total. The highest BCUT2D eigenvalue weighted by Gasteiger charge is 2.15. The average Bonchev–Trinajstić information content (AvgIpc) is 3.37. The fourth-order valence-corrected chi connectivity index (χ4v) is 4.69. The predicted molar refractivity (Wildman–Crippen MR) is 111 cm³/mol. The van der Waals surface area contributed by atoms with E-state index in [0.29, 0.717) is 17.1 Å². The summed E-state index contributed by atoms with van der Waals surface area (Å²) in [7, 11) is 3.11. The second-order valence-electron chi connectivity index (χ2n) is 5.41. The Hall–Kier alpha value is -2.10. The number of nitrogens with zero attached hydrogens (tertiary/aromatic N) is 2. The van der Waals surface area contributed by atoms with E-state index in [1.165, 1.54) is 28.0 Å². The third kappa shape index (κ3) is 5.44. The van der Waals surface area contributed by atoms with Crippen molar-refractivity contribution in [1.29, 1.82) is 0 Å². The summed E-state index contributed by atoms with van der Waals surface area (Å²) in [6.07, 6.45) is 0.952. The van der Waals surface area contributed by atoms with Gasteiger partial charge in [-0.1, -0.05) is 29.2 Å². The molecule has 0 saturated carbocycles. The number of thiophene rings is 1. The number of aromatic nitrogens is 2. The van der Waals surface area contributed by atoms with E-state index in [4.69, 9.17) is 9.47 Å². The van der Waals surface area contributed by atoms with Crippen molar-refractivity contribution >= 4 is 45.4 Å². The number of anilines is 1. The number of ketones is 1. The minimum atomic E-state index is -0.0434. The zero-order valence-corrected chi connectivity index (χ0v) is 17.4. The Kier molecular flexibility index (Phi) is 7.08. The fourth-order valence-electron chi connectivity index (χ4n) is 2.32. The highest BCUT2D eigenvalue weighted by atomic mass is 32.2. The van der Waals surface area contributed by atoms with E-state index in [0.717, 1.165) is 22.4 Å². The molecule has 0 bridgehead atoms. The van der Waals surface area contributed by atoms with Crippen molar-refractivity contribution in [3.05, 3.63) is 46.2 Å². The Morgan fingerprint density at radius 2 is 2.11 bits per heavy atom. The van der Waals surface area contributed by atoms with E-state index in [-0.39, 0.29) is 11.5 Å². The van der Waals surface area contributed by atoms with Crippen molar-refractivity contribution in [2.45, 2.75) is 10.8 Å². The molecule has 6 nitrogen and oxygen atoms in total. The van der Waals surface area contributed by atoms with E-state index in [1.807, 2.05) is 6.07 Å². The van der Waals surface area contributed by atoms with Gasteiger partial charge >= 0.3 is 0 Å². The molecule has 0 unspecified atom stereocenters. The van der Waals surface area contributed by atoms with Gasteiger partial charge in [-0.3, -0.25) is 4.79 Å². The molecule has 0 aliphatic carbocycles. The number of hydrogen-bond donors (Lipinski definition) is 1. The summed E-state index contributed by atoms with van der Waals surface area (Å²) in [6.45, 7) is 0.805. The van der Waals surface area contributed by atoms with Crippen molar-refractivity contribution in [2.24, 2.45) is 0 Å². The third-order valence-electron chi connectivity index (χ3n) is 3.67. The molecule has 0 radical (unpaired) electrons. The number of methoxy groups -OCH3 is 2. The van der Waals surface area contributed by atoms with Crippen molar-refractivity contribution in [1.82, 2.24) is 10.2 Å². The number of rotatable bonds is 10. The summed E-state index contributed by atoms with van der Waals surface area (Å²) in [5, 5.41) is 14.4. The van der Waals surface area contributed by atoms with Gasteiger partial charge < -0.3 is 14.8 Å². The van der Waals surface area contributed by atoms with Gasteiger partial charge in [-0.05, 0) is 36.1 Å². The van der Waals surface area contributed by atoms with Crippen LogP contribution in [0.15, 0.2) is 40.1 Å². The van der Waals surface area contributed by atoms with Crippen LogP contribution in [0.1, 0.15) is 15.2 Å². The van der Waals surface area contributed by atoms with E-state index < -0.39 is 0 Å². The van der Waals surface area contributed by atoms with Crippen LogP contribution in [0.25, 0.3) is 0 Å². The van der Waals surface area contributed by atoms with Crippen LogP contribution in [0.2, 0.25) is 0 Å². The lowest BCUT2D eigenvalue weighted by atomic mass is 10.1. The number of nitrogens with one attached hydrogen (secondary N) is 1. The molecule has 0 fully saturated rings. The van der Waals surface area contributed by atoms with Crippen LogP contribution in [0.4, 0.5) is 5.13 Å². The second kappa shape index (κ2) is 9.72. The van der Waals surface area contributed by atoms with Gasteiger partial charge in [-0.15, -0.1) is 21.5 Å². The maximum Gasteiger partial charge on any atom is 0.206 e. The fraction of sp³-hybridized carbons (Fsp3) is 0.278. The largest absolute Gasteiger partial charge is 0.497 e. The van der Waals surface area contributed by atoms with E-state index >= 15 is 0 Å². The Morgan fingerprint density at radius 1 is 1.22 bits per heavy atom. The number of Topliss-reactive ketones (excluding diaryl/α,β-unsaturated/α-hetero) is 1. The molecule has 0 spiro atoms. The molecule has 27 heavy (non-hydrogen) atoms. The van der Waals surface area contributed by atoms with Crippen molar-refractivity contribution in [2.75, 3.05) is 31.8 Å². The number of carbonyl (C=O) groups excluding carboxylic acids is 1. The number of ether oxygens (including phenoxy) is 2. The van der Waals surface area contributed by atoms with Crippen molar-refractivity contribution < 1.29 is 14.3 Å². The first-order valence-electron chi connectivity index (χ1n) is 8.17. The van der Waals surface area contributed by atoms with Gasteiger partial charge in [0.25, 0.3) is 0 Å². The first kappa shape index (κ1) is 19.7. The molecule has 2 aromatic heterocycles. The van der Waals surface area contributed by atoms with Crippen LogP contribution in [0.5, 0.6) is 11.5 Å². The molecule has 142 valence electrons. The topological polar surface area (TPSA) is 73.3 Å². The molecule has 0 aliphatic rings. The van der Waals surface area contributed by atoms with Crippen molar-refractivity contribution in [3.63, 3.8) is 0 Å². The first-order valence-corrected chi connectivity index (χ1v) is 10.9. The monoisotopic (exact) mass is 421 g/mol. The second-order valence-corrected chi connectivity index (χ2v) is 8.64. The lowest BCUT2D eigenvalue weighted by Gasteiger charge is -2.09. The Morgan fingerprint density at radius 3 is 2.85 bits per heavy atom. The van der Waals surface area contributed by atoms with Gasteiger partial charge in [-0.25, -0.2) is 0 Å². The van der Waals surface area contributed by atoms with Crippen LogP contribution in [-0.4, -0.2) is 42.5 Å². The van der Waals surface area contributed by atoms with E-state index in [1.54, 1.807) is 43.8 Å². The molecule has 1 aromatic carbocycles. The summed E-state index contributed by atoms with van der Waals surface area (Å²) in [5.74, 6) is 1.37. The summed E-state index contributed by atoms with van der Waals surface area (Å²) in [5.41, 5.74) is 0.503. The molecule has 3 rings (SSSR count). The van der Waals surface area contributed by atoms with Gasteiger partial charge in [0, 0.05) is 11.4 Å². The third-order valence-corrected chi connectivity index (χ3v) is 6.62. The highest BCUT2D eigenvalue weighted by molar-refractivity contribution is 8.01. The van der Waals surface area contributed by atoms with Gasteiger partial charge in [0.1, 0.15) is 11.5 Å². The molecule has 0 saturated heterocycles. The normalized spacial score (nSPS) is 10.6. The maximum atomic E-state index is 12.6. The van der Waals surface area contributed by atoms with Crippen molar-refractivity contribution in [3.8, 4) is 11.5 Å². The Bertz CT molecular complexity index is 881. The number of benzene rings is 1. The van der Waals surface area contributed by atoms with E-state index in [2.05, 4.69) is 27.0 Å². The Labute approximate surface area is 169 Å². The minimum absolute atomic E-state index is 0.0434. The first-order chi connectivity index (χ1) is 13.2. The number of thioether (sulfide) groups is 1. The summed E-state index contributed by atoms with van der Waals surface area (Å²) in [4.78, 5) is 13.9. The zero-order valence-electron chi connectivity index (χ0n) is 14.9. The zero-order chi connectivity index (χ0) is 19.1. The lowest BCUT2D eigenvalue weighted by Crippen LogP contribution is -2.05. The molecule has 0 atom stereocenters. The van der Waals surface area contributed by atoms with Gasteiger partial charge in [0.15, 0.2) is 10.1 Å². The molecule has 0 aliphatic heterocycles. The van der Waals surface area contributed by atoms with E-state index in [9.17, 15) is 4.79 Å². The Balaban J connectivity index is 1.53. The summed E-state index contributed by atoms with van der Waals surface area (Å²) in [6, 6.07) is 9.36. The smallest absolute Gasteiger partial charge is 0.206 e. The standard InChI is InChI=1S/C18H19N3O3S3/c1-23-12-5-6-16(24-2)14(10-12)15(22)11-26-18-21-20-17(27-18)19-8-7-13-4-3-9-25-13/h3-6,9-10H,7-8,11H2,1-2H3,(H,19,20). The highest BCUT2D eigenvalue weighted by Crippen LogP contribution is 2.29. The number of carbonyl (C=O) groups is 1. The SMILES string of the molecule is COc1ccc(OC)c(C(=O)CSc2nnc(NCCc3cccs3)s2)c1. The van der Waals surface area contributed by atoms with Crippen LogP contribution in [0.3, 0.4) is 0 Å². The molecule has 2 heterocycles. The van der Waals surface area contributed by atoms with Crippen LogP contribution < -0.4 is 14.8 Å². The van der Waals surface area contributed by atoms with Crippen LogP contribution in [0, 0.1) is 0 Å².